The van der Waals surface area contributed by atoms with E-state index in [1.807, 2.05) is 65.6 Å². The minimum Gasteiger partial charge on any atom is -0.496 e. The minimum absolute atomic E-state index is 0.0585. The zero-order chi connectivity index (χ0) is 22.9. The highest BCUT2D eigenvalue weighted by atomic mass is 16.5. The number of carbonyl (C=O) groups is 2. The van der Waals surface area contributed by atoms with E-state index < -0.39 is 0 Å². The summed E-state index contributed by atoms with van der Waals surface area (Å²) < 4.78 is 5.56. The fourth-order valence-corrected chi connectivity index (χ4v) is 4.94. The first-order chi connectivity index (χ1) is 16.1. The van der Waals surface area contributed by atoms with Gasteiger partial charge in [0.05, 0.1) is 18.4 Å². The quantitative estimate of drug-likeness (QED) is 0.608. The van der Waals surface area contributed by atoms with Crippen LogP contribution < -0.4 is 9.64 Å². The van der Waals surface area contributed by atoms with Gasteiger partial charge in [-0.2, -0.15) is 0 Å². The monoisotopic (exact) mass is 442 g/mol. The number of amides is 2. The number of anilines is 1. The molecule has 2 aliphatic rings. The van der Waals surface area contributed by atoms with E-state index in [1.54, 1.807) is 13.2 Å². The van der Waals surface area contributed by atoms with E-state index in [1.165, 1.54) is 4.90 Å². The maximum atomic E-state index is 13.9. The molecule has 0 aromatic heterocycles. The molecule has 0 spiro atoms. The van der Waals surface area contributed by atoms with E-state index in [4.69, 9.17) is 4.74 Å². The van der Waals surface area contributed by atoms with Gasteiger partial charge in [-0.1, -0.05) is 54.6 Å². The number of likely N-dealkylation sites (tertiary alicyclic amines) is 1. The van der Waals surface area contributed by atoms with Gasteiger partial charge in [0.15, 0.2) is 0 Å². The van der Waals surface area contributed by atoms with Crippen LogP contribution in [-0.4, -0.2) is 48.6 Å². The molecule has 1 fully saturated rings. The second-order valence-corrected chi connectivity index (χ2v) is 8.50. The van der Waals surface area contributed by atoms with Gasteiger partial charge in [-0.3, -0.25) is 9.59 Å². The molecule has 0 radical (unpaired) electrons. The summed E-state index contributed by atoms with van der Waals surface area (Å²) in [6, 6.07) is 20.7. The SMILES string of the molecule is COc1ccccc1C1=C(N2CCCC(CO)C2)C(=O)N(c2cccc3ccccc23)C1=O. The largest absolute Gasteiger partial charge is 0.496 e. The number of rotatable bonds is 5. The first-order valence-corrected chi connectivity index (χ1v) is 11.2. The van der Waals surface area contributed by atoms with Crippen molar-refractivity contribution in [2.45, 2.75) is 12.8 Å². The summed E-state index contributed by atoms with van der Waals surface area (Å²) in [5, 5.41) is 11.6. The van der Waals surface area contributed by atoms with Crippen LogP contribution in [0, 0.1) is 5.92 Å². The van der Waals surface area contributed by atoms with Gasteiger partial charge in [-0.25, -0.2) is 4.90 Å². The number of nitrogens with zero attached hydrogens (tertiary/aromatic N) is 2. The van der Waals surface area contributed by atoms with Crippen molar-refractivity contribution in [1.29, 1.82) is 0 Å². The van der Waals surface area contributed by atoms with Crippen molar-refractivity contribution in [3.05, 3.63) is 78.0 Å². The average Bonchev–Trinajstić information content (AvgIpc) is 3.13. The zero-order valence-electron chi connectivity index (χ0n) is 18.5. The molecule has 3 aromatic rings. The number of hydrogen-bond donors (Lipinski definition) is 1. The lowest BCUT2D eigenvalue weighted by molar-refractivity contribution is -0.120. The molecule has 1 atom stereocenters. The molecule has 0 aliphatic carbocycles. The first-order valence-electron chi connectivity index (χ1n) is 11.2. The van der Waals surface area contributed by atoms with Crippen molar-refractivity contribution in [3.63, 3.8) is 0 Å². The Morgan fingerprint density at radius 3 is 2.55 bits per heavy atom. The smallest absolute Gasteiger partial charge is 0.282 e. The van der Waals surface area contributed by atoms with Gasteiger partial charge in [0.2, 0.25) is 0 Å². The van der Waals surface area contributed by atoms with E-state index >= 15 is 0 Å². The standard InChI is InChI=1S/C27H26N2O4/c1-33-23-14-5-4-12-21(23)24-25(28-15-7-8-18(16-28)17-30)27(32)29(26(24)31)22-13-6-10-19-9-2-3-11-20(19)22/h2-6,9-14,18,30H,7-8,15-17H2,1H3. The molecule has 33 heavy (non-hydrogen) atoms. The summed E-state index contributed by atoms with van der Waals surface area (Å²) in [6.45, 7) is 1.25. The number of fused-ring (bicyclic) bond motifs is 1. The van der Waals surface area contributed by atoms with Crippen LogP contribution in [0.5, 0.6) is 5.75 Å². The van der Waals surface area contributed by atoms with Gasteiger partial charge in [0.1, 0.15) is 11.4 Å². The lowest BCUT2D eigenvalue weighted by Gasteiger charge is -2.34. The number of ether oxygens (including phenoxy) is 1. The molecule has 1 unspecified atom stereocenters. The summed E-state index contributed by atoms with van der Waals surface area (Å²) in [7, 11) is 1.56. The predicted octanol–water partition coefficient (Wildman–Crippen LogP) is 3.84. The molecule has 0 bridgehead atoms. The molecular formula is C27H26N2O4. The third kappa shape index (κ3) is 3.56. The Labute approximate surface area is 192 Å². The van der Waals surface area contributed by atoms with Crippen LogP contribution in [0.4, 0.5) is 5.69 Å². The third-order valence-electron chi connectivity index (χ3n) is 6.54. The van der Waals surface area contributed by atoms with Crippen LogP contribution in [-0.2, 0) is 9.59 Å². The van der Waals surface area contributed by atoms with E-state index in [0.717, 1.165) is 23.6 Å². The number of piperidine rings is 1. The second-order valence-electron chi connectivity index (χ2n) is 8.50. The summed E-state index contributed by atoms with van der Waals surface area (Å²) in [4.78, 5) is 31.2. The third-order valence-corrected chi connectivity index (χ3v) is 6.54. The molecule has 6 heteroatoms. The Morgan fingerprint density at radius 2 is 1.73 bits per heavy atom. The van der Waals surface area contributed by atoms with Crippen molar-refractivity contribution in [2.75, 3.05) is 31.7 Å². The molecule has 0 saturated carbocycles. The second kappa shape index (κ2) is 8.71. The number of para-hydroxylation sites is 1. The number of imide groups is 1. The molecule has 3 aromatic carbocycles. The highest BCUT2D eigenvalue weighted by Crippen LogP contribution is 2.41. The van der Waals surface area contributed by atoms with Crippen LogP contribution in [0.25, 0.3) is 16.3 Å². The average molecular weight is 443 g/mol. The van der Waals surface area contributed by atoms with Crippen molar-refractivity contribution in [3.8, 4) is 5.75 Å². The molecule has 2 amide bonds. The minimum atomic E-state index is -0.359. The first kappa shape index (κ1) is 21.2. The predicted molar refractivity (Wildman–Crippen MR) is 128 cm³/mol. The van der Waals surface area contributed by atoms with Crippen molar-refractivity contribution in [2.24, 2.45) is 5.92 Å². The summed E-state index contributed by atoms with van der Waals surface area (Å²) in [6.07, 6.45) is 1.75. The normalized spacial score (nSPS) is 19.0. The molecule has 1 saturated heterocycles. The lowest BCUT2D eigenvalue weighted by Crippen LogP contribution is -2.40. The number of carbonyl (C=O) groups excluding carboxylic acids is 2. The van der Waals surface area contributed by atoms with E-state index in [-0.39, 0.29) is 24.3 Å². The maximum absolute atomic E-state index is 13.9. The number of hydrogen-bond acceptors (Lipinski definition) is 5. The Balaban J connectivity index is 1.69. The van der Waals surface area contributed by atoms with Crippen molar-refractivity contribution >= 4 is 33.8 Å². The molecule has 168 valence electrons. The molecule has 5 rings (SSSR count). The number of methoxy groups -OCH3 is 1. The van der Waals surface area contributed by atoms with Gasteiger partial charge in [-0.15, -0.1) is 0 Å². The van der Waals surface area contributed by atoms with Gasteiger partial charge < -0.3 is 14.7 Å². The fraction of sp³-hybridized carbons (Fsp3) is 0.259. The van der Waals surface area contributed by atoms with Crippen molar-refractivity contribution < 1.29 is 19.4 Å². The summed E-state index contributed by atoms with van der Waals surface area (Å²) in [5.74, 6) is -0.0841. The summed E-state index contributed by atoms with van der Waals surface area (Å²) >= 11 is 0. The van der Waals surface area contributed by atoms with Crippen LogP contribution in [0.15, 0.2) is 72.4 Å². The maximum Gasteiger partial charge on any atom is 0.282 e. The van der Waals surface area contributed by atoms with E-state index in [2.05, 4.69) is 0 Å². The Hall–Kier alpha value is -3.64. The summed E-state index contributed by atoms with van der Waals surface area (Å²) in [5.41, 5.74) is 1.91. The van der Waals surface area contributed by atoms with Crippen molar-refractivity contribution in [1.82, 2.24) is 4.90 Å². The number of aliphatic hydroxyl groups is 1. The van der Waals surface area contributed by atoms with Crippen LogP contribution in [0.1, 0.15) is 18.4 Å². The molecule has 2 heterocycles. The fourth-order valence-electron chi connectivity index (χ4n) is 4.94. The van der Waals surface area contributed by atoms with E-state index in [0.29, 0.717) is 41.4 Å². The van der Waals surface area contributed by atoms with E-state index in [9.17, 15) is 14.7 Å². The zero-order valence-corrected chi connectivity index (χ0v) is 18.5. The van der Waals surface area contributed by atoms with Gasteiger partial charge in [0.25, 0.3) is 11.8 Å². The van der Waals surface area contributed by atoms with Gasteiger partial charge >= 0.3 is 0 Å². The van der Waals surface area contributed by atoms with Crippen LogP contribution in [0.3, 0.4) is 0 Å². The number of benzene rings is 3. The van der Waals surface area contributed by atoms with Crippen LogP contribution in [0.2, 0.25) is 0 Å². The highest BCUT2D eigenvalue weighted by molar-refractivity contribution is 6.46. The lowest BCUT2D eigenvalue weighted by atomic mass is 9.96. The Morgan fingerprint density at radius 1 is 0.970 bits per heavy atom. The molecule has 2 aliphatic heterocycles. The van der Waals surface area contributed by atoms with Crippen LogP contribution >= 0.6 is 0 Å². The molecule has 6 nitrogen and oxygen atoms in total. The number of aliphatic hydroxyl groups excluding tert-OH is 1. The topological polar surface area (TPSA) is 70.1 Å². The molecule has 1 N–H and O–H groups in total. The Kier molecular flexibility index (Phi) is 5.60. The van der Waals surface area contributed by atoms with Gasteiger partial charge in [0, 0.05) is 30.6 Å². The molecular weight excluding hydrogens is 416 g/mol. The highest BCUT2D eigenvalue weighted by Gasteiger charge is 2.44. The van der Waals surface area contributed by atoms with Gasteiger partial charge in [-0.05, 0) is 36.3 Å². The Bertz CT molecular complexity index is 1260.